The molecule has 0 bridgehead atoms. The molecule has 0 spiro atoms. The molecule has 2 aliphatic heterocycles. The Morgan fingerprint density at radius 1 is 0.922 bits per heavy atom. The summed E-state index contributed by atoms with van der Waals surface area (Å²) >= 11 is 0. The summed E-state index contributed by atoms with van der Waals surface area (Å²) in [7, 11) is 2.52. The minimum absolute atomic E-state index is 0.0429. The van der Waals surface area contributed by atoms with Gasteiger partial charge in [0, 0.05) is 11.9 Å². The maximum absolute atomic E-state index is 14.1. The highest BCUT2D eigenvalue weighted by Crippen LogP contribution is 2.36. The zero-order valence-electron chi connectivity index (χ0n) is 36.1. The van der Waals surface area contributed by atoms with Crippen LogP contribution in [0.1, 0.15) is 56.0 Å². The van der Waals surface area contributed by atoms with Gasteiger partial charge in [0.05, 0.1) is 69.5 Å². The van der Waals surface area contributed by atoms with Crippen LogP contribution < -0.4 is 10.6 Å². The molecule has 6 aromatic rings. The summed E-state index contributed by atoms with van der Waals surface area (Å²) < 4.78 is 21.1. The van der Waals surface area contributed by atoms with E-state index in [1.54, 1.807) is 11.1 Å². The number of methoxy groups -OCH3 is 2. The van der Waals surface area contributed by atoms with Crippen molar-refractivity contribution in [1.29, 1.82) is 0 Å². The number of aromatic nitrogens is 4. The van der Waals surface area contributed by atoms with Gasteiger partial charge in [0.2, 0.25) is 5.91 Å². The number of nitrogens with zero attached hydrogens (tertiary/aromatic N) is 4. The Morgan fingerprint density at radius 3 is 2.33 bits per heavy atom. The van der Waals surface area contributed by atoms with Crippen molar-refractivity contribution in [2.45, 2.75) is 57.1 Å². The SMILES string of the molecule is C#CC1(CN(Cc2ncc(-c3ccc(-c4ccc5c(ccc6[nH]c([C@@H]7CCCN7C(=O)[C@H](NC(=O)OC)c7ccccc7)nc65)c4)cc3)[nH]2)C(=O)[C@@H](NC(=O)OC)C(C)C)OCCO1. The van der Waals surface area contributed by atoms with Crippen molar-refractivity contribution >= 4 is 45.8 Å². The molecule has 16 nitrogen and oxygen atoms in total. The fraction of sp³-hybridized carbons (Fsp3) is 0.333. The zero-order chi connectivity index (χ0) is 45.0. The molecule has 330 valence electrons. The van der Waals surface area contributed by atoms with Gasteiger partial charge in [0.1, 0.15) is 23.7 Å². The van der Waals surface area contributed by atoms with E-state index in [0.717, 1.165) is 57.0 Å². The molecule has 0 unspecified atom stereocenters. The van der Waals surface area contributed by atoms with Crippen molar-refractivity contribution in [3.8, 4) is 34.7 Å². The number of terminal acetylenes is 1. The van der Waals surface area contributed by atoms with E-state index in [1.165, 1.54) is 19.1 Å². The number of rotatable bonds is 13. The van der Waals surface area contributed by atoms with Gasteiger partial charge in [-0.2, -0.15) is 0 Å². The second-order valence-corrected chi connectivity index (χ2v) is 16.2. The first-order chi connectivity index (χ1) is 31.0. The van der Waals surface area contributed by atoms with Gasteiger partial charge in [-0.25, -0.2) is 19.6 Å². The van der Waals surface area contributed by atoms with E-state index in [0.29, 0.717) is 23.8 Å². The molecule has 2 aromatic heterocycles. The first-order valence-corrected chi connectivity index (χ1v) is 21.2. The predicted molar refractivity (Wildman–Crippen MR) is 238 cm³/mol. The average Bonchev–Trinajstić information content (AvgIpc) is 4.17. The van der Waals surface area contributed by atoms with Gasteiger partial charge in [0.15, 0.2) is 0 Å². The lowest BCUT2D eigenvalue weighted by atomic mass is 9.99. The van der Waals surface area contributed by atoms with Gasteiger partial charge in [-0.05, 0) is 64.5 Å². The minimum atomic E-state index is -1.43. The number of amides is 4. The van der Waals surface area contributed by atoms with Crippen LogP contribution in [0.25, 0.3) is 44.2 Å². The molecule has 2 aliphatic rings. The summed E-state index contributed by atoms with van der Waals surface area (Å²) in [6.07, 6.45) is 7.66. The van der Waals surface area contributed by atoms with Crippen LogP contribution in [0.4, 0.5) is 9.59 Å². The van der Waals surface area contributed by atoms with Crippen molar-refractivity contribution < 1.29 is 38.1 Å². The molecule has 3 atom stereocenters. The minimum Gasteiger partial charge on any atom is -0.453 e. The second-order valence-electron chi connectivity index (χ2n) is 16.2. The summed E-state index contributed by atoms with van der Waals surface area (Å²) in [6, 6.07) is 25.5. The molecule has 4 aromatic carbocycles. The van der Waals surface area contributed by atoms with Crippen LogP contribution in [0, 0.1) is 18.3 Å². The Morgan fingerprint density at radius 2 is 1.62 bits per heavy atom. The average molecular weight is 867 g/mol. The number of hydrogen-bond acceptors (Lipinski definition) is 10. The van der Waals surface area contributed by atoms with E-state index in [-0.39, 0.29) is 44.2 Å². The summed E-state index contributed by atoms with van der Waals surface area (Å²) in [6.45, 7) is 4.72. The maximum Gasteiger partial charge on any atom is 0.407 e. The summed E-state index contributed by atoms with van der Waals surface area (Å²) in [5, 5.41) is 7.35. The van der Waals surface area contributed by atoms with E-state index < -0.39 is 36.0 Å². The molecule has 2 fully saturated rings. The molecular formula is C48H50N8O8. The number of aromatic amines is 2. The Kier molecular flexibility index (Phi) is 12.6. The Bertz CT molecular complexity index is 2700. The topological polar surface area (TPSA) is 193 Å². The number of carbonyl (C=O) groups is 4. The van der Waals surface area contributed by atoms with Crippen molar-refractivity contribution in [2.24, 2.45) is 5.92 Å². The van der Waals surface area contributed by atoms with Crippen LogP contribution in [0.2, 0.25) is 0 Å². The summed E-state index contributed by atoms with van der Waals surface area (Å²) in [5.41, 5.74) is 6.01. The van der Waals surface area contributed by atoms with E-state index in [4.69, 9.17) is 30.4 Å². The molecule has 0 radical (unpaired) electrons. The molecule has 4 amide bonds. The molecule has 0 aliphatic carbocycles. The van der Waals surface area contributed by atoms with Gasteiger partial charge in [-0.3, -0.25) is 9.59 Å². The molecule has 4 N–H and O–H groups in total. The van der Waals surface area contributed by atoms with Crippen molar-refractivity contribution in [2.75, 3.05) is 40.5 Å². The smallest absolute Gasteiger partial charge is 0.407 e. The van der Waals surface area contributed by atoms with Gasteiger partial charge < -0.3 is 49.3 Å². The Labute approximate surface area is 370 Å². The highest BCUT2D eigenvalue weighted by atomic mass is 16.7. The van der Waals surface area contributed by atoms with E-state index in [9.17, 15) is 19.2 Å². The van der Waals surface area contributed by atoms with E-state index >= 15 is 0 Å². The molecular weight excluding hydrogens is 817 g/mol. The summed E-state index contributed by atoms with van der Waals surface area (Å²) in [5.74, 6) is 1.44. The van der Waals surface area contributed by atoms with Crippen molar-refractivity contribution in [3.63, 3.8) is 0 Å². The number of benzene rings is 4. The Hall–Kier alpha value is -7.22. The first-order valence-electron chi connectivity index (χ1n) is 21.2. The van der Waals surface area contributed by atoms with Crippen LogP contribution in [0.15, 0.2) is 91.1 Å². The van der Waals surface area contributed by atoms with Crippen LogP contribution >= 0.6 is 0 Å². The molecule has 4 heterocycles. The lowest BCUT2D eigenvalue weighted by Gasteiger charge is -2.33. The number of alkyl carbamates (subject to hydrolysis) is 2. The third-order valence-electron chi connectivity index (χ3n) is 11.7. The monoisotopic (exact) mass is 866 g/mol. The molecule has 16 heteroatoms. The van der Waals surface area contributed by atoms with Crippen LogP contribution in [-0.2, 0) is 35.1 Å². The van der Waals surface area contributed by atoms with E-state index in [2.05, 4.69) is 55.8 Å². The fourth-order valence-electron chi connectivity index (χ4n) is 8.40. The maximum atomic E-state index is 14.1. The number of nitrogens with one attached hydrogen (secondary N) is 4. The second kappa shape index (κ2) is 18.6. The highest BCUT2D eigenvalue weighted by molar-refractivity contribution is 6.05. The van der Waals surface area contributed by atoms with Gasteiger partial charge >= 0.3 is 12.2 Å². The van der Waals surface area contributed by atoms with Gasteiger partial charge in [-0.15, -0.1) is 6.42 Å². The predicted octanol–water partition coefficient (Wildman–Crippen LogP) is 6.62. The Balaban J connectivity index is 0.992. The molecule has 0 saturated carbocycles. The first kappa shape index (κ1) is 43.4. The van der Waals surface area contributed by atoms with Gasteiger partial charge in [0.25, 0.3) is 11.7 Å². The highest BCUT2D eigenvalue weighted by Gasteiger charge is 2.41. The van der Waals surface area contributed by atoms with E-state index in [1.807, 2.05) is 74.5 Å². The fourth-order valence-corrected chi connectivity index (χ4v) is 8.40. The number of carbonyl (C=O) groups excluding carboxylic acids is 4. The number of imidazole rings is 2. The van der Waals surface area contributed by atoms with Crippen molar-refractivity contribution in [3.05, 3.63) is 108 Å². The third-order valence-corrected chi connectivity index (χ3v) is 11.7. The lowest BCUT2D eigenvalue weighted by molar-refractivity contribution is -0.153. The number of fused-ring (bicyclic) bond motifs is 3. The zero-order valence-corrected chi connectivity index (χ0v) is 36.1. The molecule has 8 rings (SSSR count). The number of likely N-dealkylation sites (tertiary alicyclic amines) is 1. The van der Waals surface area contributed by atoms with Crippen LogP contribution in [-0.4, -0.2) is 106 Å². The molecule has 64 heavy (non-hydrogen) atoms. The largest absolute Gasteiger partial charge is 0.453 e. The third kappa shape index (κ3) is 8.99. The van der Waals surface area contributed by atoms with Crippen molar-refractivity contribution in [1.82, 2.24) is 40.4 Å². The lowest BCUT2D eigenvalue weighted by Crippen LogP contribution is -2.54. The number of hydrogen-bond donors (Lipinski definition) is 4. The van der Waals surface area contributed by atoms with Crippen LogP contribution in [0.3, 0.4) is 0 Å². The van der Waals surface area contributed by atoms with Crippen LogP contribution in [0.5, 0.6) is 0 Å². The number of H-pyrrole nitrogens is 2. The normalized spacial score (nSPS) is 16.6. The van der Waals surface area contributed by atoms with Gasteiger partial charge in [-0.1, -0.05) is 86.6 Å². The standard InChI is InChI=1S/C48H50N8O8/c1-6-48(63-23-24-64-48)28-55(44(57)40(29(2)3)53-46(59)61-4)27-39-49-26-37(50-39)31-16-14-30(15-17-31)33-18-20-35-34(25-33)19-21-36-42(35)52-43(51-36)38-13-10-22-56(38)45(58)41(54-47(60)62-5)32-11-8-7-9-12-32/h1,7-9,11-12,14-21,25-26,29,38,40-41H,10,13,22-24,27-28H2,2-5H3,(H,49,50)(H,51,52)(H,53,59)(H,54,60)/t38-,40-,41+/m0/s1. The quantitative estimate of drug-likeness (QED) is 0.0918. The summed E-state index contributed by atoms with van der Waals surface area (Å²) in [4.78, 5) is 72.3. The molecule has 2 saturated heterocycles. The number of ether oxygens (including phenoxy) is 4.